The van der Waals surface area contributed by atoms with Crippen molar-refractivity contribution in [2.75, 3.05) is 13.7 Å². The van der Waals surface area contributed by atoms with Crippen molar-refractivity contribution in [1.29, 1.82) is 0 Å². The molecule has 1 aliphatic heterocycles. The van der Waals surface area contributed by atoms with Crippen LogP contribution in [0.5, 0.6) is 5.75 Å². The molecule has 0 amide bonds. The van der Waals surface area contributed by atoms with E-state index >= 15 is 0 Å². The van der Waals surface area contributed by atoms with Crippen molar-refractivity contribution < 1.29 is 10.1 Å². The van der Waals surface area contributed by atoms with Gasteiger partial charge in [-0.25, -0.2) is 0 Å². The topological polar surface area (TPSA) is 70.3 Å². The number of ether oxygens (including phenoxy) is 1. The Balaban J connectivity index is 1.63. The molecule has 6 heteroatoms. The van der Waals surface area contributed by atoms with Gasteiger partial charge in [0.25, 0.3) is 0 Å². The van der Waals surface area contributed by atoms with Crippen molar-refractivity contribution >= 4 is 22.5 Å². The lowest BCUT2D eigenvalue weighted by Gasteiger charge is -2.21. The van der Waals surface area contributed by atoms with Gasteiger partial charge in [0.05, 0.1) is 36.8 Å². The van der Waals surface area contributed by atoms with E-state index < -0.39 is 0 Å². The number of quaternary nitrogens is 1. The molecule has 5 nitrogen and oxygen atoms in total. The van der Waals surface area contributed by atoms with Crippen LogP contribution < -0.4 is 10.1 Å². The summed E-state index contributed by atoms with van der Waals surface area (Å²) in [6, 6.07) is 14.3. The maximum atomic E-state index is 6.05. The van der Waals surface area contributed by atoms with E-state index in [9.17, 15) is 0 Å². The normalized spacial score (nSPS) is 16.4. The van der Waals surface area contributed by atoms with Crippen LogP contribution in [0, 0.1) is 0 Å². The van der Waals surface area contributed by atoms with E-state index in [0.717, 1.165) is 40.5 Å². The Hall–Kier alpha value is -2.76. The fourth-order valence-electron chi connectivity index (χ4n) is 4.08. The van der Waals surface area contributed by atoms with Gasteiger partial charge in [0, 0.05) is 27.9 Å². The van der Waals surface area contributed by atoms with Gasteiger partial charge in [-0.1, -0.05) is 23.7 Å². The number of halogens is 1. The maximum absolute atomic E-state index is 6.05. The number of nitrogens with zero attached hydrogens (tertiary/aromatic N) is 1. The highest BCUT2D eigenvalue weighted by Gasteiger charge is 2.31. The number of hydrogen-bond donors (Lipinski definition) is 3. The minimum absolute atomic E-state index is 0.177. The lowest BCUT2D eigenvalue weighted by atomic mass is 9.93. The molecule has 5 rings (SSSR count). The molecule has 0 saturated heterocycles. The van der Waals surface area contributed by atoms with Crippen LogP contribution in [-0.2, 0) is 6.42 Å². The molecule has 0 radical (unpaired) electrons. The van der Waals surface area contributed by atoms with Crippen molar-refractivity contribution in [3.8, 4) is 17.0 Å². The SMILES string of the molecule is COc1ccc2[nH]c3c(c2c1)CC[NH2+][C@H]3c1cn[nH]c1-c1ccc(Cl)cc1. The van der Waals surface area contributed by atoms with Crippen LogP contribution in [-0.4, -0.2) is 28.8 Å². The largest absolute Gasteiger partial charge is 0.497 e. The number of fused-ring (bicyclic) bond motifs is 3. The number of aromatic amines is 2. The second-order valence-electron chi connectivity index (χ2n) is 6.89. The number of benzene rings is 2. The first-order chi connectivity index (χ1) is 13.2. The van der Waals surface area contributed by atoms with Crippen molar-refractivity contribution in [2.24, 2.45) is 0 Å². The van der Waals surface area contributed by atoms with Crippen molar-refractivity contribution in [1.82, 2.24) is 15.2 Å². The van der Waals surface area contributed by atoms with Crippen molar-refractivity contribution in [3.05, 3.63) is 70.5 Å². The molecule has 0 aliphatic carbocycles. The van der Waals surface area contributed by atoms with Crippen LogP contribution in [0.1, 0.15) is 22.9 Å². The molecule has 1 aliphatic rings. The summed E-state index contributed by atoms with van der Waals surface area (Å²) in [6.07, 6.45) is 2.97. The quantitative estimate of drug-likeness (QED) is 0.510. The second kappa shape index (κ2) is 6.44. The zero-order valence-corrected chi connectivity index (χ0v) is 15.7. The smallest absolute Gasteiger partial charge is 0.156 e. The third kappa shape index (κ3) is 2.71. The first-order valence-electron chi connectivity index (χ1n) is 9.05. The summed E-state index contributed by atoms with van der Waals surface area (Å²) < 4.78 is 5.42. The molecule has 27 heavy (non-hydrogen) atoms. The standard InChI is InChI=1S/C21H19ClN4O/c1-27-14-6-7-18-16(10-14)15-8-9-23-20(21(15)25-18)17-11-24-26-19(17)12-2-4-13(22)5-3-12/h2-7,10-11,20,23,25H,8-9H2,1H3,(H,24,26)/p+1/t20-/m0/s1. The number of H-pyrrole nitrogens is 2. The molecule has 1 atom stereocenters. The van der Waals surface area contributed by atoms with E-state index in [1.807, 2.05) is 36.5 Å². The summed E-state index contributed by atoms with van der Waals surface area (Å²) in [5, 5.41) is 11.9. The molecule has 4 N–H and O–H groups in total. The average molecular weight is 380 g/mol. The molecular formula is C21H20ClN4O+. The molecule has 3 heterocycles. The molecule has 2 aromatic heterocycles. The molecule has 0 bridgehead atoms. The van der Waals surface area contributed by atoms with Crippen LogP contribution >= 0.6 is 11.6 Å². The van der Waals surface area contributed by atoms with Crippen LogP contribution in [0.25, 0.3) is 22.2 Å². The summed E-state index contributed by atoms with van der Waals surface area (Å²) in [7, 11) is 1.71. The number of rotatable bonds is 3. The highest BCUT2D eigenvalue weighted by Crippen LogP contribution is 2.35. The van der Waals surface area contributed by atoms with Gasteiger partial charge < -0.3 is 15.0 Å². The van der Waals surface area contributed by atoms with Gasteiger partial charge in [-0.3, -0.25) is 5.10 Å². The van der Waals surface area contributed by atoms with Gasteiger partial charge >= 0.3 is 0 Å². The summed E-state index contributed by atoms with van der Waals surface area (Å²) in [5.74, 6) is 0.889. The number of aromatic nitrogens is 3. The van der Waals surface area contributed by atoms with Crippen LogP contribution in [0.15, 0.2) is 48.7 Å². The zero-order chi connectivity index (χ0) is 18.4. The summed E-state index contributed by atoms with van der Waals surface area (Å²) >= 11 is 6.05. The maximum Gasteiger partial charge on any atom is 0.156 e. The van der Waals surface area contributed by atoms with E-state index in [0.29, 0.717) is 0 Å². The predicted molar refractivity (Wildman–Crippen MR) is 106 cm³/mol. The van der Waals surface area contributed by atoms with Gasteiger partial charge in [-0.2, -0.15) is 5.10 Å². The van der Waals surface area contributed by atoms with Crippen LogP contribution in [0.4, 0.5) is 0 Å². The monoisotopic (exact) mass is 379 g/mol. The average Bonchev–Trinajstić information content (AvgIpc) is 3.32. The highest BCUT2D eigenvalue weighted by atomic mass is 35.5. The van der Waals surface area contributed by atoms with Gasteiger partial charge in [-0.15, -0.1) is 0 Å². The summed E-state index contributed by atoms with van der Waals surface area (Å²) in [5.41, 5.74) is 7.08. The second-order valence-corrected chi connectivity index (χ2v) is 7.32. The van der Waals surface area contributed by atoms with Gasteiger partial charge in [0.2, 0.25) is 0 Å². The van der Waals surface area contributed by atoms with E-state index in [1.165, 1.54) is 22.2 Å². The zero-order valence-electron chi connectivity index (χ0n) is 14.9. The molecule has 0 unspecified atom stereocenters. The predicted octanol–water partition coefficient (Wildman–Crippen LogP) is 3.43. The van der Waals surface area contributed by atoms with E-state index in [1.54, 1.807) is 7.11 Å². The molecule has 136 valence electrons. The summed E-state index contributed by atoms with van der Waals surface area (Å²) in [6.45, 7) is 1.03. The first kappa shape index (κ1) is 16.4. The third-order valence-electron chi connectivity index (χ3n) is 5.39. The fraction of sp³-hybridized carbons (Fsp3) is 0.190. The highest BCUT2D eigenvalue weighted by molar-refractivity contribution is 6.30. The lowest BCUT2D eigenvalue weighted by Crippen LogP contribution is -2.87. The lowest BCUT2D eigenvalue weighted by molar-refractivity contribution is -0.690. The summed E-state index contributed by atoms with van der Waals surface area (Å²) in [4.78, 5) is 3.64. The Bertz CT molecular complexity index is 1110. The molecule has 0 spiro atoms. The Morgan fingerprint density at radius 2 is 2.04 bits per heavy atom. The molecular weight excluding hydrogens is 360 g/mol. The Morgan fingerprint density at radius 1 is 1.19 bits per heavy atom. The van der Waals surface area contributed by atoms with E-state index in [-0.39, 0.29) is 6.04 Å². The number of methoxy groups -OCH3 is 1. The third-order valence-corrected chi connectivity index (χ3v) is 5.64. The van der Waals surface area contributed by atoms with Crippen LogP contribution in [0.2, 0.25) is 5.02 Å². The van der Waals surface area contributed by atoms with E-state index in [2.05, 4.69) is 32.6 Å². The van der Waals surface area contributed by atoms with E-state index in [4.69, 9.17) is 16.3 Å². The van der Waals surface area contributed by atoms with Crippen LogP contribution in [0.3, 0.4) is 0 Å². The Labute approximate surface area is 161 Å². The Kier molecular flexibility index (Phi) is 3.92. The van der Waals surface area contributed by atoms with Gasteiger partial charge in [0.1, 0.15) is 5.75 Å². The van der Waals surface area contributed by atoms with Crippen molar-refractivity contribution in [2.45, 2.75) is 12.5 Å². The van der Waals surface area contributed by atoms with Crippen molar-refractivity contribution in [3.63, 3.8) is 0 Å². The number of nitrogens with one attached hydrogen (secondary N) is 2. The molecule has 0 fully saturated rings. The Morgan fingerprint density at radius 3 is 2.85 bits per heavy atom. The minimum atomic E-state index is 0.177. The van der Waals surface area contributed by atoms with Gasteiger partial charge in [0.15, 0.2) is 6.04 Å². The van der Waals surface area contributed by atoms with Gasteiger partial charge in [-0.05, 0) is 35.9 Å². The molecule has 0 saturated carbocycles. The molecule has 4 aromatic rings. The number of nitrogens with two attached hydrogens (primary N) is 1. The number of hydrogen-bond acceptors (Lipinski definition) is 2. The minimum Gasteiger partial charge on any atom is -0.497 e. The first-order valence-corrected chi connectivity index (χ1v) is 9.43. The molecule has 2 aromatic carbocycles. The fourth-order valence-corrected chi connectivity index (χ4v) is 4.21.